The fourth-order valence-electron chi connectivity index (χ4n) is 3.18. The molecule has 1 N–H and O–H groups in total. The highest BCUT2D eigenvalue weighted by Gasteiger charge is 2.20. The Labute approximate surface area is 151 Å². The molecule has 5 rings (SSSR count). The molecule has 2 aliphatic rings. The van der Waals surface area contributed by atoms with E-state index >= 15 is 0 Å². The van der Waals surface area contributed by atoms with Crippen molar-refractivity contribution in [2.45, 2.75) is 25.4 Å². The van der Waals surface area contributed by atoms with E-state index in [9.17, 15) is 0 Å². The Hall–Kier alpha value is -2.58. The summed E-state index contributed by atoms with van der Waals surface area (Å²) in [5.74, 6) is 1.74. The van der Waals surface area contributed by atoms with Crippen LogP contribution in [0.15, 0.2) is 30.6 Å². The van der Waals surface area contributed by atoms with Gasteiger partial charge in [0.25, 0.3) is 0 Å². The van der Waals surface area contributed by atoms with Crippen molar-refractivity contribution in [2.75, 3.05) is 31.2 Å². The van der Waals surface area contributed by atoms with Gasteiger partial charge in [0.15, 0.2) is 5.82 Å². The molecule has 8 nitrogen and oxygen atoms in total. The van der Waals surface area contributed by atoms with E-state index in [2.05, 4.69) is 31.5 Å². The summed E-state index contributed by atoms with van der Waals surface area (Å²) in [5, 5.41) is 12.5. The van der Waals surface area contributed by atoms with Gasteiger partial charge in [0, 0.05) is 30.9 Å². The van der Waals surface area contributed by atoms with Crippen molar-refractivity contribution in [1.82, 2.24) is 30.1 Å². The van der Waals surface area contributed by atoms with Crippen LogP contribution in [0, 0.1) is 0 Å². The highest BCUT2D eigenvalue weighted by molar-refractivity contribution is 5.77. The zero-order valence-electron chi connectivity index (χ0n) is 14.5. The first-order valence-corrected chi connectivity index (χ1v) is 9.10. The second kappa shape index (κ2) is 6.62. The molecule has 0 unspecified atom stereocenters. The van der Waals surface area contributed by atoms with Gasteiger partial charge in [-0.25, -0.2) is 9.97 Å². The first-order chi connectivity index (χ1) is 12.9. The van der Waals surface area contributed by atoms with E-state index in [4.69, 9.17) is 9.72 Å². The van der Waals surface area contributed by atoms with Gasteiger partial charge in [-0.3, -0.25) is 0 Å². The average Bonchev–Trinajstić information content (AvgIpc) is 3.44. The molecule has 0 amide bonds. The number of fused-ring (bicyclic) bond motifs is 1. The third-order valence-electron chi connectivity index (χ3n) is 4.82. The summed E-state index contributed by atoms with van der Waals surface area (Å²) in [7, 11) is 0. The molecule has 0 spiro atoms. The predicted molar refractivity (Wildman–Crippen MR) is 96.9 cm³/mol. The summed E-state index contributed by atoms with van der Waals surface area (Å²) in [4.78, 5) is 11.3. The first kappa shape index (κ1) is 15.7. The maximum absolute atomic E-state index is 5.41. The lowest BCUT2D eigenvalue weighted by atomic mass is 10.2. The van der Waals surface area contributed by atoms with Crippen molar-refractivity contribution in [1.29, 1.82) is 0 Å². The second-order valence-corrected chi connectivity index (χ2v) is 6.74. The number of anilines is 1. The van der Waals surface area contributed by atoms with Crippen LogP contribution in [0.2, 0.25) is 0 Å². The number of rotatable bonds is 5. The zero-order valence-corrected chi connectivity index (χ0v) is 14.5. The van der Waals surface area contributed by atoms with Gasteiger partial charge in [0.1, 0.15) is 5.82 Å². The molecular formula is C18H21N7O. The molecule has 2 fully saturated rings. The summed E-state index contributed by atoms with van der Waals surface area (Å²) < 4.78 is 7.09. The Kier molecular flexibility index (Phi) is 3.99. The van der Waals surface area contributed by atoms with Gasteiger partial charge in [-0.2, -0.15) is 5.10 Å². The van der Waals surface area contributed by atoms with Gasteiger partial charge < -0.3 is 15.0 Å². The highest BCUT2D eigenvalue weighted by atomic mass is 16.5. The van der Waals surface area contributed by atoms with Crippen LogP contribution < -0.4 is 10.2 Å². The minimum Gasteiger partial charge on any atom is -0.378 e. The number of morpholine rings is 1. The predicted octanol–water partition coefficient (Wildman–Crippen LogP) is 1.27. The molecule has 4 heterocycles. The molecule has 0 bridgehead atoms. The zero-order chi connectivity index (χ0) is 17.3. The number of nitrogens with one attached hydrogen (secondary N) is 1. The third kappa shape index (κ3) is 3.13. The topological polar surface area (TPSA) is 80.5 Å². The van der Waals surface area contributed by atoms with Gasteiger partial charge in [-0.05, 0) is 31.0 Å². The standard InChI is InChI=1S/C18H21N7O/c1-2-13(1)20-12-17-19-6-5-15(22-17)14-11-21-25-16(14)3-4-18(23-25)24-7-9-26-10-8-24/h3-6,11,13,20H,1-2,7-10,12H2. The monoisotopic (exact) mass is 351 g/mol. The maximum atomic E-state index is 5.41. The lowest BCUT2D eigenvalue weighted by Crippen LogP contribution is -2.37. The Morgan fingerprint density at radius 3 is 2.88 bits per heavy atom. The number of hydrogen-bond donors (Lipinski definition) is 1. The summed E-state index contributed by atoms with van der Waals surface area (Å²) in [6.07, 6.45) is 6.15. The van der Waals surface area contributed by atoms with Gasteiger partial charge in [-0.1, -0.05) is 0 Å². The molecule has 1 aliphatic heterocycles. The van der Waals surface area contributed by atoms with Crippen molar-refractivity contribution < 1.29 is 4.74 Å². The van der Waals surface area contributed by atoms with Crippen molar-refractivity contribution >= 4 is 11.3 Å². The molecule has 1 aliphatic carbocycles. The van der Waals surface area contributed by atoms with Gasteiger partial charge >= 0.3 is 0 Å². The van der Waals surface area contributed by atoms with Crippen LogP contribution in [-0.4, -0.2) is 57.1 Å². The van der Waals surface area contributed by atoms with E-state index in [0.717, 1.165) is 54.7 Å². The van der Waals surface area contributed by atoms with Crippen LogP contribution in [0.4, 0.5) is 5.82 Å². The summed E-state index contributed by atoms with van der Waals surface area (Å²) in [6, 6.07) is 6.67. The quantitative estimate of drug-likeness (QED) is 0.741. The molecule has 0 atom stereocenters. The lowest BCUT2D eigenvalue weighted by Gasteiger charge is -2.27. The summed E-state index contributed by atoms with van der Waals surface area (Å²) in [6.45, 7) is 3.90. The van der Waals surface area contributed by atoms with Gasteiger partial charge in [-0.15, -0.1) is 9.73 Å². The minimum atomic E-state index is 0.641. The summed E-state index contributed by atoms with van der Waals surface area (Å²) >= 11 is 0. The molecule has 3 aromatic heterocycles. The molecule has 8 heteroatoms. The largest absolute Gasteiger partial charge is 0.378 e. The normalized spacial score (nSPS) is 17.8. The molecule has 1 saturated heterocycles. The number of hydrogen-bond acceptors (Lipinski definition) is 7. The SMILES string of the molecule is c1cc(-c2cnn3nc(N4CCOCC4)ccc23)nc(CNC2CC2)n1. The van der Waals surface area contributed by atoms with Crippen LogP contribution in [0.1, 0.15) is 18.7 Å². The summed E-state index contributed by atoms with van der Waals surface area (Å²) in [5.41, 5.74) is 2.80. The van der Waals surface area contributed by atoms with Gasteiger partial charge in [0.2, 0.25) is 0 Å². The van der Waals surface area contributed by atoms with Crippen molar-refractivity contribution in [3.63, 3.8) is 0 Å². The fraction of sp³-hybridized carbons (Fsp3) is 0.444. The lowest BCUT2D eigenvalue weighted by molar-refractivity contribution is 0.122. The second-order valence-electron chi connectivity index (χ2n) is 6.74. The molecule has 3 aromatic rings. The smallest absolute Gasteiger partial charge is 0.151 e. The first-order valence-electron chi connectivity index (χ1n) is 9.10. The molecule has 0 radical (unpaired) electrons. The highest BCUT2D eigenvalue weighted by Crippen LogP contribution is 2.24. The molecule has 1 saturated carbocycles. The number of nitrogens with zero attached hydrogens (tertiary/aromatic N) is 6. The van der Waals surface area contributed by atoms with Crippen LogP contribution >= 0.6 is 0 Å². The van der Waals surface area contributed by atoms with E-state index in [1.54, 1.807) is 4.63 Å². The molecule has 134 valence electrons. The molecular weight excluding hydrogens is 330 g/mol. The average molecular weight is 351 g/mol. The van der Waals surface area contributed by atoms with Crippen LogP contribution in [0.25, 0.3) is 16.8 Å². The minimum absolute atomic E-state index is 0.641. The number of ether oxygens (including phenoxy) is 1. The van der Waals surface area contributed by atoms with E-state index in [1.165, 1.54) is 12.8 Å². The Bertz CT molecular complexity index is 915. The van der Waals surface area contributed by atoms with E-state index in [-0.39, 0.29) is 0 Å². The third-order valence-corrected chi connectivity index (χ3v) is 4.82. The van der Waals surface area contributed by atoms with Gasteiger partial charge in [0.05, 0.1) is 37.2 Å². The van der Waals surface area contributed by atoms with E-state index in [1.807, 2.05) is 24.5 Å². The van der Waals surface area contributed by atoms with Crippen LogP contribution in [0.5, 0.6) is 0 Å². The van der Waals surface area contributed by atoms with E-state index in [0.29, 0.717) is 12.6 Å². The molecule has 0 aromatic carbocycles. The Morgan fingerprint density at radius 2 is 2.04 bits per heavy atom. The number of aromatic nitrogens is 5. The van der Waals surface area contributed by atoms with Crippen molar-refractivity contribution in [2.24, 2.45) is 0 Å². The maximum Gasteiger partial charge on any atom is 0.151 e. The fourth-order valence-corrected chi connectivity index (χ4v) is 3.18. The van der Waals surface area contributed by atoms with Crippen LogP contribution in [0.3, 0.4) is 0 Å². The van der Waals surface area contributed by atoms with Crippen molar-refractivity contribution in [3.8, 4) is 11.3 Å². The van der Waals surface area contributed by atoms with Crippen molar-refractivity contribution in [3.05, 3.63) is 36.4 Å². The van der Waals surface area contributed by atoms with E-state index < -0.39 is 0 Å². The Morgan fingerprint density at radius 1 is 1.15 bits per heavy atom. The molecule has 26 heavy (non-hydrogen) atoms. The van der Waals surface area contributed by atoms with Crippen LogP contribution in [-0.2, 0) is 11.3 Å². The Balaban J connectivity index is 1.42.